The van der Waals surface area contributed by atoms with Crippen LogP contribution < -0.4 is 4.74 Å². The molecule has 2 atom stereocenters. The van der Waals surface area contributed by atoms with Gasteiger partial charge in [0.2, 0.25) is 5.88 Å². The van der Waals surface area contributed by atoms with Gasteiger partial charge in [0.05, 0.1) is 36.0 Å². The lowest BCUT2D eigenvalue weighted by Gasteiger charge is -2.26. The molecule has 2 aliphatic rings. The van der Waals surface area contributed by atoms with Crippen LogP contribution >= 0.6 is 11.3 Å². The molecule has 0 spiro atoms. The zero-order valence-corrected chi connectivity index (χ0v) is 24.3. The number of ether oxygens (including phenoxy) is 2. The highest BCUT2D eigenvalue weighted by Gasteiger charge is 2.38. The molecular weight excluding hydrogens is 538 g/mol. The summed E-state index contributed by atoms with van der Waals surface area (Å²) in [6.07, 6.45) is 4.21. The molecule has 0 aliphatic carbocycles. The molecule has 6 heterocycles. The van der Waals surface area contributed by atoms with E-state index in [1.165, 1.54) is 0 Å². The van der Waals surface area contributed by atoms with Gasteiger partial charge in [0.25, 0.3) is 0 Å². The number of hydrogen-bond donors (Lipinski definition) is 0. The molecule has 0 saturated carbocycles. The number of imidazole rings is 1. The van der Waals surface area contributed by atoms with Gasteiger partial charge in [0, 0.05) is 54.9 Å². The normalized spacial score (nSPS) is 19.1. The maximum absolute atomic E-state index is 12.7. The molecule has 2 fully saturated rings. The van der Waals surface area contributed by atoms with Crippen LogP contribution in [0.15, 0.2) is 53.2 Å². The Balaban J connectivity index is 0.978. The van der Waals surface area contributed by atoms with Crippen molar-refractivity contribution in [2.75, 3.05) is 26.3 Å². The van der Waals surface area contributed by atoms with E-state index in [0.717, 1.165) is 64.0 Å². The van der Waals surface area contributed by atoms with Gasteiger partial charge in [0.15, 0.2) is 4.96 Å². The number of hydrogen-bond acceptors (Lipinski definition) is 9. The number of Topliss-reactive ketones (excluding diaryl/α,β-unsaturated/α-hetero) is 1. The Kier molecular flexibility index (Phi) is 6.64. The topological polar surface area (TPSA) is 95.0 Å². The zero-order valence-electron chi connectivity index (χ0n) is 23.5. The second-order valence-corrected chi connectivity index (χ2v) is 13.0. The van der Waals surface area contributed by atoms with Crippen LogP contribution in [0.1, 0.15) is 44.2 Å². The summed E-state index contributed by atoms with van der Waals surface area (Å²) in [7, 11) is 0. The molecule has 212 valence electrons. The number of ketones is 1. The molecule has 10 heteroatoms. The van der Waals surface area contributed by atoms with Crippen molar-refractivity contribution < 1.29 is 18.8 Å². The Morgan fingerprint density at radius 2 is 1.98 bits per heavy atom. The number of likely N-dealkylation sites (tertiary alicyclic amines) is 1. The Hall–Kier alpha value is -3.60. The van der Waals surface area contributed by atoms with E-state index in [-0.39, 0.29) is 17.6 Å². The molecule has 41 heavy (non-hydrogen) atoms. The first kappa shape index (κ1) is 26.3. The molecule has 9 nitrogen and oxygen atoms in total. The zero-order chi connectivity index (χ0) is 28.1. The number of aromatic nitrogens is 4. The first-order chi connectivity index (χ1) is 19.8. The van der Waals surface area contributed by atoms with E-state index in [1.807, 2.05) is 48.7 Å². The van der Waals surface area contributed by atoms with E-state index >= 15 is 0 Å². The van der Waals surface area contributed by atoms with Gasteiger partial charge < -0.3 is 14.0 Å². The number of nitrogens with zero attached hydrogens (tertiary/aromatic N) is 5. The summed E-state index contributed by atoms with van der Waals surface area (Å²) in [4.78, 5) is 26.5. The lowest BCUT2D eigenvalue weighted by molar-refractivity contribution is -0.117. The molecule has 2 aliphatic heterocycles. The van der Waals surface area contributed by atoms with Crippen molar-refractivity contribution in [3.8, 4) is 17.1 Å². The Morgan fingerprint density at radius 1 is 1.12 bits per heavy atom. The lowest BCUT2D eigenvalue weighted by atomic mass is 9.93. The number of carbonyl (C=O) groups is 1. The largest absolute Gasteiger partial charge is 0.476 e. The van der Waals surface area contributed by atoms with Crippen molar-refractivity contribution in [1.82, 2.24) is 24.4 Å². The molecule has 0 N–H and O–H groups in total. The van der Waals surface area contributed by atoms with E-state index in [1.54, 1.807) is 11.3 Å². The summed E-state index contributed by atoms with van der Waals surface area (Å²) >= 11 is 1.55. The van der Waals surface area contributed by atoms with Gasteiger partial charge in [-0.25, -0.2) is 9.97 Å². The minimum absolute atomic E-state index is 0.106. The maximum Gasteiger partial charge on any atom is 0.214 e. The molecule has 2 saturated heterocycles. The Bertz CT molecular complexity index is 1710. The summed E-state index contributed by atoms with van der Waals surface area (Å²) in [5.41, 5.74) is 4.42. The molecule has 7 rings (SSSR count). The fourth-order valence-corrected chi connectivity index (χ4v) is 6.62. The van der Waals surface area contributed by atoms with Gasteiger partial charge in [0.1, 0.15) is 23.0 Å². The molecular formula is C31H33N5O4S. The van der Waals surface area contributed by atoms with Crippen molar-refractivity contribution in [1.29, 1.82) is 0 Å². The Morgan fingerprint density at radius 3 is 2.71 bits per heavy atom. The van der Waals surface area contributed by atoms with Crippen LogP contribution in [0.5, 0.6) is 5.88 Å². The third-order valence-corrected chi connectivity index (χ3v) is 8.87. The molecule has 5 aromatic rings. The second-order valence-electron chi connectivity index (χ2n) is 12.1. The molecule has 0 amide bonds. The van der Waals surface area contributed by atoms with Crippen molar-refractivity contribution in [2.45, 2.75) is 57.6 Å². The van der Waals surface area contributed by atoms with E-state index < -0.39 is 0 Å². The fourth-order valence-electron chi connectivity index (χ4n) is 5.64. The van der Waals surface area contributed by atoms with E-state index in [9.17, 15) is 4.79 Å². The summed E-state index contributed by atoms with van der Waals surface area (Å²) < 4.78 is 19.2. The van der Waals surface area contributed by atoms with Crippen molar-refractivity contribution in [2.24, 2.45) is 0 Å². The highest BCUT2D eigenvalue weighted by atomic mass is 32.1. The van der Waals surface area contributed by atoms with Gasteiger partial charge in [-0.3, -0.25) is 14.1 Å². The van der Waals surface area contributed by atoms with Crippen LogP contribution in [0.4, 0.5) is 0 Å². The Labute approximate surface area is 242 Å². The molecule has 2 bridgehead atoms. The number of pyridine rings is 1. The third kappa shape index (κ3) is 5.39. The summed E-state index contributed by atoms with van der Waals surface area (Å²) in [5.74, 6) is 1.54. The standard InChI is InChI=1S/C31H33N5O4S/c1-31(2,3)27-14-21(34-40-27)13-23(37)12-19-4-6-20(7-5-19)25-17-36-26-8-9-28(33-29(26)41-30(36)32-25)38-11-10-35-16-24-15-22(35)18-39-24/h4-9,14,17,22,24H,10-13,15-16,18H2,1-3H3/t22-,24-/m0/s1. The minimum Gasteiger partial charge on any atom is -0.476 e. The molecule has 0 radical (unpaired) electrons. The van der Waals surface area contributed by atoms with Gasteiger partial charge in [-0.2, -0.15) is 0 Å². The van der Waals surface area contributed by atoms with Gasteiger partial charge >= 0.3 is 0 Å². The average Bonchev–Trinajstić information content (AvgIpc) is 3.75. The predicted octanol–water partition coefficient (Wildman–Crippen LogP) is 5.10. The first-order valence-corrected chi connectivity index (χ1v) is 14.9. The van der Waals surface area contributed by atoms with E-state index in [2.05, 4.69) is 35.2 Å². The third-order valence-electron chi connectivity index (χ3n) is 7.91. The number of benzene rings is 1. The highest BCUT2D eigenvalue weighted by molar-refractivity contribution is 7.23. The van der Waals surface area contributed by atoms with Crippen LogP contribution in [0.2, 0.25) is 0 Å². The van der Waals surface area contributed by atoms with Crippen molar-refractivity contribution in [3.05, 3.63) is 65.7 Å². The monoisotopic (exact) mass is 571 g/mol. The fraction of sp³-hybridized carbons (Fsp3) is 0.419. The van der Waals surface area contributed by atoms with Crippen LogP contribution in [0.3, 0.4) is 0 Å². The van der Waals surface area contributed by atoms with Crippen LogP contribution in [-0.2, 0) is 27.8 Å². The van der Waals surface area contributed by atoms with Gasteiger partial charge in [-0.15, -0.1) is 0 Å². The summed E-state index contributed by atoms with van der Waals surface area (Å²) in [5, 5.41) is 4.07. The number of carbonyl (C=O) groups excluding carboxylic acids is 1. The average molecular weight is 572 g/mol. The van der Waals surface area contributed by atoms with E-state index in [0.29, 0.717) is 36.7 Å². The SMILES string of the molecule is CC(C)(C)c1cc(CC(=O)Cc2ccc(-c3cn4c(n3)sc3nc(OCCN5C[C@@H]6C[C@H]5CO6)ccc34)cc2)no1. The van der Waals surface area contributed by atoms with E-state index in [4.69, 9.17) is 24.0 Å². The van der Waals surface area contributed by atoms with Gasteiger partial charge in [-0.05, 0) is 18.1 Å². The number of rotatable bonds is 9. The number of fused-ring (bicyclic) bond motifs is 5. The quantitative estimate of drug-likeness (QED) is 0.241. The van der Waals surface area contributed by atoms with Crippen LogP contribution in [-0.4, -0.2) is 68.7 Å². The highest BCUT2D eigenvalue weighted by Crippen LogP contribution is 2.31. The first-order valence-electron chi connectivity index (χ1n) is 14.1. The summed E-state index contributed by atoms with van der Waals surface area (Å²) in [6.45, 7) is 9.55. The smallest absolute Gasteiger partial charge is 0.214 e. The van der Waals surface area contributed by atoms with Crippen LogP contribution in [0, 0.1) is 0 Å². The maximum atomic E-state index is 12.7. The number of thiazole rings is 1. The minimum atomic E-state index is -0.130. The van der Waals surface area contributed by atoms with Crippen molar-refractivity contribution >= 4 is 32.4 Å². The lowest BCUT2D eigenvalue weighted by Crippen LogP contribution is -2.39. The molecule has 4 aromatic heterocycles. The molecule has 0 unspecified atom stereocenters. The number of morpholine rings is 1. The predicted molar refractivity (Wildman–Crippen MR) is 157 cm³/mol. The van der Waals surface area contributed by atoms with Crippen LogP contribution in [0.25, 0.3) is 26.6 Å². The molecule has 1 aromatic carbocycles. The second kappa shape index (κ2) is 10.3. The summed E-state index contributed by atoms with van der Waals surface area (Å²) in [6, 6.07) is 14.4. The van der Waals surface area contributed by atoms with Crippen molar-refractivity contribution in [3.63, 3.8) is 0 Å². The van der Waals surface area contributed by atoms with Gasteiger partial charge in [-0.1, -0.05) is 61.5 Å².